The minimum absolute atomic E-state index is 0.458. The fraction of sp³-hybridized carbons (Fsp3) is 1.00. The van der Waals surface area contributed by atoms with Crippen molar-refractivity contribution in [3.05, 3.63) is 0 Å². The average Bonchev–Trinajstić information content (AvgIpc) is 3.07. The Morgan fingerprint density at radius 2 is 1.47 bits per heavy atom. The van der Waals surface area contributed by atoms with Gasteiger partial charge in [0.2, 0.25) is 0 Å². The molecule has 0 heterocycles. The predicted molar refractivity (Wildman–Crippen MR) is 84.3 cm³/mol. The maximum absolute atomic E-state index is 3.78. The molecule has 19 heavy (non-hydrogen) atoms. The van der Waals surface area contributed by atoms with Crippen molar-refractivity contribution >= 4 is 0 Å². The van der Waals surface area contributed by atoms with Crippen LogP contribution in [0.5, 0.6) is 0 Å². The van der Waals surface area contributed by atoms with Gasteiger partial charge in [0.25, 0.3) is 0 Å². The first-order valence-electron chi connectivity index (χ1n) is 8.41. The van der Waals surface area contributed by atoms with E-state index < -0.39 is 0 Å². The molecule has 2 saturated carbocycles. The number of nitrogens with one attached hydrogen (secondary N) is 1. The Bertz CT molecular complexity index is 290. The summed E-state index contributed by atoms with van der Waals surface area (Å²) in [6.07, 6.45) is 7.13. The third-order valence-electron chi connectivity index (χ3n) is 5.58. The molecule has 3 unspecified atom stereocenters. The van der Waals surface area contributed by atoms with Gasteiger partial charge in [-0.05, 0) is 67.2 Å². The summed E-state index contributed by atoms with van der Waals surface area (Å²) in [5, 5.41) is 3.78. The first-order valence-corrected chi connectivity index (χ1v) is 8.41. The van der Waals surface area contributed by atoms with Gasteiger partial charge in [-0.25, -0.2) is 0 Å². The highest BCUT2D eigenvalue weighted by Gasteiger charge is 2.41. The monoisotopic (exact) mass is 265 g/mol. The molecular formula is C18H35N. The molecule has 0 amide bonds. The SMILES string of the molecule is CC(C)(C)C1CCC(CNC2CC2)C(C(C)(C)C)C1. The van der Waals surface area contributed by atoms with Crippen LogP contribution < -0.4 is 5.32 Å². The second kappa shape index (κ2) is 5.39. The van der Waals surface area contributed by atoms with Crippen LogP contribution in [-0.2, 0) is 0 Å². The minimum Gasteiger partial charge on any atom is -0.314 e. The number of rotatable bonds is 3. The summed E-state index contributed by atoms with van der Waals surface area (Å²) >= 11 is 0. The van der Waals surface area contributed by atoms with Gasteiger partial charge in [-0.2, -0.15) is 0 Å². The summed E-state index contributed by atoms with van der Waals surface area (Å²) in [7, 11) is 0. The first-order chi connectivity index (χ1) is 8.68. The lowest BCUT2D eigenvalue weighted by atomic mass is 9.59. The topological polar surface area (TPSA) is 12.0 Å². The maximum Gasteiger partial charge on any atom is 0.00683 e. The van der Waals surface area contributed by atoms with E-state index in [0.717, 1.165) is 23.8 Å². The maximum atomic E-state index is 3.78. The van der Waals surface area contributed by atoms with E-state index in [9.17, 15) is 0 Å². The van der Waals surface area contributed by atoms with E-state index in [0.29, 0.717) is 10.8 Å². The van der Waals surface area contributed by atoms with Gasteiger partial charge < -0.3 is 5.32 Å². The third-order valence-corrected chi connectivity index (χ3v) is 5.58. The normalized spacial score (nSPS) is 33.5. The lowest BCUT2D eigenvalue weighted by molar-refractivity contribution is 0.0351. The van der Waals surface area contributed by atoms with Crippen molar-refractivity contribution in [2.45, 2.75) is 79.7 Å². The molecule has 1 N–H and O–H groups in total. The van der Waals surface area contributed by atoms with Gasteiger partial charge in [0.1, 0.15) is 0 Å². The molecule has 0 bridgehead atoms. The van der Waals surface area contributed by atoms with Crippen LogP contribution in [0.15, 0.2) is 0 Å². The molecule has 2 aliphatic carbocycles. The Kier molecular flexibility index (Phi) is 4.35. The van der Waals surface area contributed by atoms with Crippen LogP contribution in [0.2, 0.25) is 0 Å². The molecule has 112 valence electrons. The first kappa shape index (κ1) is 15.4. The molecule has 2 rings (SSSR count). The summed E-state index contributed by atoms with van der Waals surface area (Å²) in [6.45, 7) is 15.9. The molecule has 0 aromatic rings. The van der Waals surface area contributed by atoms with Crippen molar-refractivity contribution in [1.29, 1.82) is 0 Å². The van der Waals surface area contributed by atoms with E-state index in [1.54, 1.807) is 0 Å². The van der Waals surface area contributed by atoms with Crippen LogP contribution in [-0.4, -0.2) is 12.6 Å². The van der Waals surface area contributed by atoms with Crippen molar-refractivity contribution in [2.75, 3.05) is 6.54 Å². The van der Waals surface area contributed by atoms with E-state index in [1.807, 2.05) is 0 Å². The Hall–Kier alpha value is -0.0400. The van der Waals surface area contributed by atoms with Crippen molar-refractivity contribution in [3.8, 4) is 0 Å². The largest absolute Gasteiger partial charge is 0.314 e. The van der Waals surface area contributed by atoms with E-state index >= 15 is 0 Å². The van der Waals surface area contributed by atoms with Gasteiger partial charge >= 0.3 is 0 Å². The predicted octanol–water partition coefficient (Wildman–Crippen LogP) is 4.86. The highest BCUT2D eigenvalue weighted by molar-refractivity contribution is 4.92. The van der Waals surface area contributed by atoms with Crippen molar-refractivity contribution < 1.29 is 0 Å². The molecular weight excluding hydrogens is 230 g/mol. The molecule has 0 aromatic heterocycles. The zero-order chi connectivity index (χ0) is 14.3. The smallest absolute Gasteiger partial charge is 0.00683 e. The van der Waals surface area contributed by atoms with E-state index in [4.69, 9.17) is 0 Å². The highest BCUT2D eigenvalue weighted by Crippen LogP contribution is 2.48. The quantitative estimate of drug-likeness (QED) is 0.768. The number of hydrogen-bond donors (Lipinski definition) is 1. The third kappa shape index (κ3) is 4.21. The zero-order valence-electron chi connectivity index (χ0n) is 14.1. The van der Waals surface area contributed by atoms with Gasteiger partial charge in [-0.3, -0.25) is 0 Å². The molecule has 1 nitrogen and oxygen atoms in total. The van der Waals surface area contributed by atoms with Crippen molar-refractivity contribution in [3.63, 3.8) is 0 Å². The molecule has 0 saturated heterocycles. The number of hydrogen-bond acceptors (Lipinski definition) is 1. The standard InChI is InChI=1S/C18H35N/c1-17(2,3)14-8-7-13(12-19-15-9-10-15)16(11-14)18(4,5)6/h13-16,19H,7-12H2,1-6H3. The molecule has 2 aliphatic rings. The Labute approximate surface area is 120 Å². The van der Waals surface area contributed by atoms with Crippen LogP contribution in [0.3, 0.4) is 0 Å². The second-order valence-electron chi connectivity index (χ2n) is 9.29. The molecule has 0 aromatic carbocycles. The Balaban J connectivity index is 1.98. The molecule has 0 spiro atoms. The molecule has 2 fully saturated rings. The molecule has 3 atom stereocenters. The minimum atomic E-state index is 0.458. The second-order valence-corrected chi connectivity index (χ2v) is 9.29. The molecule has 0 aliphatic heterocycles. The summed E-state index contributed by atoms with van der Waals surface area (Å²) in [6, 6.07) is 0.862. The fourth-order valence-electron chi connectivity index (χ4n) is 3.93. The van der Waals surface area contributed by atoms with Gasteiger partial charge in [-0.1, -0.05) is 41.5 Å². The molecule has 0 radical (unpaired) electrons. The molecule has 1 heteroatoms. The fourth-order valence-corrected chi connectivity index (χ4v) is 3.93. The summed E-state index contributed by atoms with van der Waals surface area (Å²) in [5.41, 5.74) is 0.943. The summed E-state index contributed by atoms with van der Waals surface area (Å²) < 4.78 is 0. The summed E-state index contributed by atoms with van der Waals surface area (Å²) in [5.74, 6) is 2.70. The van der Waals surface area contributed by atoms with Crippen molar-refractivity contribution in [2.24, 2.45) is 28.6 Å². The lowest BCUT2D eigenvalue weighted by Crippen LogP contribution is -2.42. The zero-order valence-corrected chi connectivity index (χ0v) is 14.1. The lowest BCUT2D eigenvalue weighted by Gasteiger charge is -2.47. The van der Waals surface area contributed by atoms with E-state index in [-0.39, 0.29) is 0 Å². The van der Waals surface area contributed by atoms with Crippen LogP contribution in [0, 0.1) is 28.6 Å². The van der Waals surface area contributed by atoms with Crippen molar-refractivity contribution in [1.82, 2.24) is 5.32 Å². The van der Waals surface area contributed by atoms with Crippen LogP contribution >= 0.6 is 0 Å². The van der Waals surface area contributed by atoms with E-state index in [1.165, 1.54) is 38.6 Å². The highest BCUT2D eigenvalue weighted by atomic mass is 14.9. The van der Waals surface area contributed by atoms with E-state index in [2.05, 4.69) is 46.9 Å². The Morgan fingerprint density at radius 1 is 0.842 bits per heavy atom. The van der Waals surface area contributed by atoms with Gasteiger partial charge in [-0.15, -0.1) is 0 Å². The van der Waals surface area contributed by atoms with Gasteiger partial charge in [0, 0.05) is 6.04 Å². The summed E-state index contributed by atoms with van der Waals surface area (Å²) in [4.78, 5) is 0. The Morgan fingerprint density at radius 3 is 1.95 bits per heavy atom. The van der Waals surface area contributed by atoms with Gasteiger partial charge in [0.05, 0.1) is 0 Å². The van der Waals surface area contributed by atoms with Crippen LogP contribution in [0.1, 0.15) is 73.6 Å². The van der Waals surface area contributed by atoms with Crippen LogP contribution in [0.25, 0.3) is 0 Å². The average molecular weight is 265 g/mol. The van der Waals surface area contributed by atoms with Gasteiger partial charge in [0.15, 0.2) is 0 Å². The van der Waals surface area contributed by atoms with Crippen LogP contribution in [0.4, 0.5) is 0 Å².